The Labute approximate surface area is 108 Å². The molecule has 0 fully saturated rings. The summed E-state index contributed by atoms with van der Waals surface area (Å²) < 4.78 is 5.13. The third-order valence-corrected chi connectivity index (χ3v) is 2.10. The van der Waals surface area contributed by atoms with Gasteiger partial charge in [0.25, 0.3) is 0 Å². The zero-order valence-electron chi connectivity index (χ0n) is 11.2. The van der Waals surface area contributed by atoms with Crippen LogP contribution < -0.4 is 5.32 Å². The molecule has 0 saturated carbocycles. The summed E-state index contributed by atoms with van der Waals surface area (Å²) in [5.41, 5.74) is 1.97. The van der Waals surface area contributed by atoms with Crippen LogP contribution in [0.1, 0.15) is 37.5 Å². The molecule has 0 aliphatic heterocycles. The monoisotopic (exact) mass is 246 g/mol. The first-order valence-corrected chi connectivity index (χ1v) is 5.78. The number of nitrogens with zero attached hydrogens (tertiary/aromatic N) is 1. The Bertz CT molecular complexity index is 482. The number of ether oxygens (including phenoxy) is 1. The molecule has 0 aromatic heterocycles. The van der Waals surface area contributed by atoms with E-state index in [4.69, 9.17) is 10.00 Å². The zero-order valence-corrected chi connectivity index (χ0v) is 11.2. The zero-order chi connectivity index (χ0) is 13.8. The number of hydrogen-bond donors (Lipinski definition) is 1. The van der Waals surface area contributed by atoms with Crippen LogP contribution in [0.2, 0.25) is 0 Å². The quantitative estimate of drug-likeness (QED) is 0.872. The molecule has 0 aliphatic carbocycles. The highest BCUT2D eigenvalue weighted by atomic mass is 16.6. The number of alkyl carbamates (subject to hydrolysis) is 1. The molecule has 1 aromatic carbocycles. The first-order valence-electron chi connectivity index (χ1n) is 5.78. The van der Waals surface area contributed by atoms with Crippen LogP contribution in [-0.2, 0) is 11.3 Å². The highest BCUT2D eigenvalue weighted by Gasteiger charge is 2.15. The average molecular weight is 246 g/mol. The van der Waals surface area contributed by atoms with Crippen LogP contribution in [0.3, 0.4) is 0 Å². The second-order valence-electron chi connectivity index (χ2n) is 5.17. The van der Waals surface area contributed by atoms with Crippen LogP contribution in [0.25, 0.3) is 0 Å². The number of hydrogen-bond acceptors (Lipinski definition) is 3. The lowest BCUT2D eigenvalue weighted by molar-refractivity contribution is 0.0523. The van der Waals surface area contributed by atoms with Gasteiger partial charge in [-0.3, -0.25) is 0 Å². The van der Waals surface area contributed by atoms with Crippen LogP contribution in [-0.4, -0.2) is 11.7 Å². The van der Waals surface area contributed by atoms with Gasteiger partial charge in [0.2, 0.25) is 0 Å². The van der Waals surface area contributed by atoms with E-state index in [1.165, 1.54) is 0 Å². The summed E-state index contributed by atoms with van der Waals surface area (Å²) in [6, 6.07) is 7.58. The molecule has 0 bridgehead atoms. The first kappa shape index (κ1) is 14.0. The minimum Gasteiger partial charge on any atom is -0.444 e. The lowest BCUT2D eigenvalue weighted by atomic mass is 10.1. The Morgan fingerprint density at radius 1 is 1.39 bits per heavy atom. The number of nitriles is 1. The molecule has 0 aliphatic rings. The van der Waals surface area contributed by atoms with Crippen molar-refractivity contribution in [1.29, 1.82) is 5.26 Å². The molecule has 0 atom stereocenters. The predicted molar refractivity (Wildman–Crippen MR) is 69.0 cm³/mol. The highest BCUT2D eigenvalue weighted by Crippen LogP contribution is 2.10. The fraction of sp³-hybridized carbons (Fsp3) is 0.429. The van der Waals surface area contributed by atoms with E-state index in [1.54, 1.807) is 12.1 Å². The van der Waals surface area contributed by atoms with E-state index >= 15 is 0 Å². The van der Waals surface area contributed by atoms with E-state index in [9.17, 15) is 4.79 Å². The summed E-state index contributed by atoms with van der Waals surface area (Å²) in [5, 5.41) is 11.5. The lowest BCUT2D eigenvalue weighted by Gasteiger charge is -2.19. The van der Waals surface area contributed by atoms with Gasteiger partial charge >= 0.3 is 6.09 Å². The van der Waals surface area contributed by atoms with Gasteiger partial charge in [0.05, 0.1) is 11.6 Å². The van der Waals surface area contributed by atoms with Gasteiger partial charge in [-0.05, 0) is 51.0 Å². The number of benzene rings is 1. The standard InChI is InChI=1S/C14H18N2O2/c1-10-5-11(8-15)7-12(6-10)9-16-13(17)18-14(2,3)4/h5-7H,9H2,1-4H3,(H,16,17). The van der Waals surface area contributed by atoms with E-state index in [0.717, 1.165) is 11.1 Å². The third kappa shape index (κ3) is 4.88. The summed E-state index contributed by atoms with van der Waals surface area (Å²) >= 11 is 0. The molecule has 0 heterocycles. The second kappa shape index (κ2) is 5.54. The topological polar surface area (TPSA) is 62.1 Å². The minimum atomic E-state index is -0.505. The van der Waals surface area contributed by atoms with Crippen molar-refractivity contribution in [2.45, 2.75) is 39.8 Å². The van der Waals surface area contributed by atoms with Gasteiger partial charge in [-0.15, -0.1) is 0 Å². The number of nitrogens with one attached hydrogen (secondary N) is 1. The van der Waals surface area contributed by atoms with Crippen molar-refractivity contribution in [3.63, 3.8) is 0 Å². The van der Waals surface area contributed by atoms with Crippen molar-refractivity contribution in [3.05, 3.63) is 34.9 Å². The van der Waals surface area contributed by atoms with Crippen LogP contribution in [0.5, 0.6) is 0 Å². The molecule has 4 nitrogen and oxygen atoms in total. The number of carbonyl (C=O) groups is 1. The van der Waals surface area contributed by atoms with Crippen LogP contribution in [0.15, 0.2) is 18.2 Å². The summed E-state index contributed by atoms with van der Waals surface area (Å²) in [6.45, 7) is 7.70. The molecular weight excluding hydrogens is 228 g/mol. The SMILES string of the molecule is Cc1cc(C#N)cc(CNC(=O)OC(C)(C)C)c1. The molecule has 18 heavy (non-hydrogen) atoms. The Balaban J connectivity index is 2.62. The summed E-state index contributed by atoms with van der Waals surface area (Å²) in [5.74, 6) is 0. The minimum absolute atomic E-state index is 0.352. The van der Waals surface area contributed by atoms with Crippen molar-refractivity contribution in [2.75, 3.05) is 0 Å². The summed E-state index contributed by atoms with van der Waals surface area (Å²) in [6.07, 6.45) is -0.456. The van der Waals surface area contributed by atoms with E-state index in [1.807, 2.05) is 33.8 Å². The van der Waals surface area contributed by atoms with Crippen molar-refractivity contribution >= 4 is 6.09 Å². The Morgan fingerprint density at radius 2 is 2.06 bits per heavy atom. The number of amides is 1. The molecule has 1 N–H and O–H groups in total. The fourth-order valence-electron chi connectivity index (χ4n) is 1.52. The predicted octanol–water partition coefficient (Wildman–Crippen LogP) is 2.89. The molecule has 4 heteroatoms. The highest BCUT2D eigenvalue weighted by molar-refractivity contribution is 5.67. The van der Waals surface area contributed by atoms with Crippen molar-refractivity contribution in [1.82, 2.24) is 5.32 Å². The maximum Gasteiger partial charge on any atom is 0.407 e. The molecule has 0 spiro atoms. The average Bonchev–Trinajstić information content (AvgIpc) is 2.23. The van der Waals surface area contributed by atoms with Crippen LogP contribution in [0, 0.1) is 18.3 Å². The molecule has 1 amide bonds. The number of rotatable bonds is 2. The van der Waals surface area contributed by atoms with Gasteiger partial charge < -0.3 is 10.1 Å². The normalized spacial score (nSPS) is 10.6. The van der Waals surface area contributed by atoms with Gasteiger partial charge in [0, 0.05) is 6.54 Å². The second-order valence-corrected chi connectivity index (χ2v) is 5.17. The van der Waals surface area contributed by atoms with Gasteiger partial charge in [-0.1, -0.05) is 6.07 Å². The number of aryl methyl sites for hydroxylation is 1. The Hall–Kier alpha value is -2.02. The van der Waals surface area contributed by atoms with E-state index in [0.29, 0.717) is 12.1 Å². The smallest absolute Gasteiger partial charge is 0.407 e. The Morgan fingerprint density at radius 3 is 2.61 bits per heavy atom. The molecule has 0 unspecified atom stereocenters. The van der Waals surface area contributed by atoms with E-state index < -0.39 is 11.7 Å². The van der Waals surface area contributed by atoms with Crippen molar-refractivity contribution in [2.24, 2.45) is 0 Å². The lowest BCUT2D eigenvalue weighted by Crippen LogP contribution is -2.32. The number of carbonyl (C=O) groups excluding carboxylic acids is 1. The van der Waals surface area contributed by atoms with Gasteiger partial charge in [0.1, 0.15) is 5.60 Å². The van der Waals surface area contributed by atoms with Crippen molar-refractivity contribution < 1.29 is 9.53 Å². The maximum atomic E-state index is 11.5. The molecule has 0 saturated heterocycles. The van der Waals surface area contributed by atoms with E-state index in [2.05, 4.69) is 11.4 Å². The van der Waals surface area contributed by atoms with Gasteiger partial charge in [-0.25, -0.2) is 4.79 Å². The summed E-state index contributed by atoms with van der Waals surface area (Å²) in [4.78, 5) is 11.5. The summed E-state index contributed by atoms with van der Waals surface area (Å²) in [7, 11) is 0. The van der Waals surface area contributed by atoms with Crippen molar-refractivity contribution in [3.8, 4) is 6.07 Å². The maximum absolute atomic E-state index is 11.5. The van der Waals surface area contributed by atoms with Crippen LogP contribution >= 0.6 is 0 Å². The largest absolute Gasteiger partial charge is 0.444 e. The van der Waals surface area contributed by atoms with Gasteiger partial charge in [-0.2, -0.15) is 5.26 Å². The molecule has 1 aromatic rings. The molecule has 1 rings (SSSR count). The van der Waals surface area contributed by atoms with Gasteiger partial charge in [0.15, 0.2) is 0 Å². The molecule has 0 radical (unpaired) electrons. The molecule has 96 valence electrons. The fourth-order valence-corrected chi connectivity index (χ4v) is 1.52. The Kier molecular flexibility index (Phi) is 4.33. The first-order chi connectivity index (χ1) is 8.30. The van der Waals surface area contributed by atoms with Crippen LogP contribution in [0.4, 0.5) is 4.79 Å². The molecular formula is C14H18N2O2. The van der Waals surface area contributed by atoms with E-state index in [-0.39, 0.29) is 0 Å². The third-order valence-electron chi connectivity index (χ3n) is 2.10.